The molecular formula is C20H16FN3O2S. The van der Waals surface area contributed by atoms with Gasteiger partial charge in [0.05, 0.1) is 23.9 Å². The number of rotatable bonds is 4. The molecule has 3 aromatic heterocycles. The number of nitriles is 1. The molecule has 0 bridgehead atoms. The molecule has 4 rings (SSSR count). The van der Waals surface area contributed by atoms with E-state index in [1.54, 1.807) is 30.6 Å². The Morgan fingerprint density at radius 2 is 2.15 bits per heavy atom. The number of ether oxygens (including phenoxy) is 1. The smallest absolute Gasteiger partial charge is 0.322 e. The molecule has 136 valence electrons. The van der Waals surface area contributed by atoms with Crippen LogP contribution in [0.1, 0.15) is 24.8 Å². The number of hydrogen-bond acceptors (Lipinski definition) is 5. The van der Waals surface area contributed by atoms with Gasteiger partial charge in [-0.05, 0) is 49.6 Å². The Kier molecular flexibility index (Phi) is 4.36. The van der Waals surface area contributed by atoms with Crippen molar-refractivity contribution in [3.63, 3.8) is 0 Å². The minimum atomic E-state index is -0.605. The van der Waals surface area contributed by atoms with E-state index in [9.17, 15) is 14.4 Å². The summed E-state index contributed by atoms with van der Waals surface area (Å²) in [5.74, 6) is -0.693. The predicted octanol–water partition coefficient (Wildman–Crippen LogP) is 4.20. The second kappa shape index (κ2) is 6.71. The second-order valence-electron chi connectivity index (χ2n) is 6.43. The van der Waals surface area contributed by atoms with Gasteiger partial charge in [0.2, 0.25) is 0 Å². The molecule has 0 amide bonds. The monoisotopic (exact) mass is 381 g/mol. The molecule has 5 nitrogen and oxygen atoms in total. The van der Waals surface area contributed by atoms with Gasteiger partial charge in [-0.15, -0.1) is 11.8 Å². The van der Waals surface area contributed by atoms with Crippen molar-refractivity contribution in [1.82, 2.24) is 9.38 Å². The van der Waals surface area contributed by atoms with Crippen molar-refractivity contribution < 1.29 is 13.9 Å². The Bertz CT molecular complexity index is 1080. The highest BCUT2D eigenvalue weighted by Gasteiger charge is 2.46. The van der Waals surface area contributed by atoms with Crippen LogP contribution in [0.2, 0.25) is 0 Å². The van der Waals surface area contributed by atoms with Crippen molar-refractivity contribution in [2.24, 2.45) is 0 Å². The fourth-order valence-corrected chi connectivity index (χ4v) is 4.88. The zero-order chi connectivity index (χ0) is 19.0. The van der Waals surface area contributed by atoms with Crippen molar-refractivity contribution in [2.45, 2.75) is 28.9 Å². The number of carbonyl (C=O) groups is 1. The van der Waals surface area contributed by atoms with Gasteiger partial charge in [-0.25, -0.2) is 0 Å². The van der Waals surface area contributed by atoms with E-state index in [1.165, 1.54) is 29.3 Å². The molecule has 3 heterocycles. The molecule has 0 spiro atoms. The Morgan fingerprint density at radius 1 is 1.33 bits per heavy atom. The van der Waals surface area contributed by atoms with E-state index in [0.717, 1.165) is 24.2 Å². The number of esters is 1. The van der Waals surface area contributed by atoms with Crippen LogP contribution in [0.5, 0.6) is 0 Å². The van der Waals surface area contributed by atoms with E-state index < -0.39 is 10.7 Å². The average Bonchev–Trinajstić information content (AvgIpc) is 3.06. The maximum absolute atomic E-state index is 14.5. The molecule has 0 unspecified atom stereocenters. The molecule has 7 heteroatoms. The summed E-state index contributed by atoms with van der Waals surface area (Å²) in [7, 11) is 1.40. The summed E-state index contributed by atoms with van der Waals surface area (Å²) in [6.07, 6.45) is 5.77. The van der Waals surface area contributed by atoms with E-state index in [1.807, 2.05) is 6.07 Å². The topological polar surface area (TPSA) is 67.4 Å². The summed E-state index contributed by atoms with van der Waals surface area (Å²) >= 11 is 1.44. The van der Waals surface area contributed by atoms with Crippen LogP contribution in [0.15, 0.2) is 47.6 Å². The molecule has 27 heavy (non-hydrogen) atoms. The van der Waals surface area contributed by atoms with Crippen LogP contribution in [-0.2, 0) is 9.53 Å². The third-order valence-corrected chi connectivity index (χ3v) is 6.50. The predicted molar refractivity (Wildman–Crippen MR) is 99.8 cm³/mol. The lowest BCUT2D eigenvalue weighted by molar-refractivity contribution is -0.145. The highest BCUT2D eigenvalue weighted by molar-refractivity contribution is 8.01. The number of nitrogens with zero attached hydrogens (tertiary/aromatic N) is 3. The highest BCUT2D eigenvalue weighted by atomic mass is 32.2. The Balaban J connectivity index is 1.86. The lowest BCUT2D eigenvalue weighted by Gasteiger charge is -2.38. The summed E-state index contributed by atoms with van der Waals surface area (Å²) < 4.78 is 20.3. The standard InChI is InChI=1S/C20H16FN3O2S/c1-26-19(25)20(8-2-9-20)27-17-7-10-23-12-14(17)16-4-3-13(11-22)15-5-6-18(21)24(15)16/h3-7,10,12H,2,8-9H2,1H3. The first-order chi connectivity index (χ1) is 13.1. The minimum Gasteiger partial charge on any atom is -0.468 e. The molecule has 0 saturated heterocycles. The van der Waals surface area contributed by atoms with Gasteiger partial charge in [0, 0.05) is 22.9 Å². The van der Waals surface area contributed by atoms with E-state index in [4.69, 9.17) is 4.74 Å². The highest BCUT2D eigenvalue weighted by Crippen LogP contribution is 2.50. The Labute approximate surface area is 159 Å². The summed E-state index contributed by atoms with van der Waals surface area (Å²) in [4.78, 5) is 17.3. The molecule has 1 saturated carbocycles. The van der Waals surface area contributed by atoms with Crippen LogP contribution in [-0.4, -0.2) is 27.2 Å². The quantitative estimate of drug-likeness (QED) is 0.634. The molecule has 0 radical (unpaired) electrons. The number of methoxy groups -OCH3 is 1. The van der Waals surface area contributed by atoms with Crippen molar-refractivity contribution >= 4 is 23.2 Å². The van der Waals surface area contributed by atoms with Crippen LogP contribution in [0, 0.1) is 17.3 Å². The van der Waals surface area contributed by atoms with Gasteiger partial charge in [0.1, 0.15) is 10.8 Å². The number of fused-ring (bicyclic) bond motifs is 1. The molecular weight excluding hydrogens is 365 g/mol. The van der Waals surface area contributed by atoms with Gasteiger partial charge >= 0.3 is 5.97 Å². The lowest BCUT2D eigenvalue weighted by Crippen LogP contribution is -2.42. The zero-order valence-corrected chi connectivity index (χ0v) is 15.4. The van der Waals surface area contributed by atoms with E-state index in [2.05, 4.69) is 11.1 Å². The van der Waals surface area contributed by atoms with E-state index in [-0.39, 0.29) is 5.97 Å². The molecule has 0 aromatic carbocycles. The summed E-state index contributed by atoms with van der Waals surface area (Å²) in [5, 5.41) is 9.29. The second-order valence-corrected chi connectivity index (χ2v) is 7.86. The fourth-order valence-electron chi connectivity index (χ4n) is 3.40. The number of carbonyl (C=O) groups excluding carboxylic acids is 1. The molecule has 1 aliphatic carbocycles. The molecule has 0 atom stereocenters. The first kappa shape index (κ1) is 17.6. The normalized spacial score (nSPS) is 15.1. The first-order valence-corrected chi connectivity index (χ1v) is 9.33. The van der Waals surface area contributed by atoms with Gasteiger partial charge in [-0.2, -0.15) is 9.65 Å². The van der Waals surface area contributed by atoms with Gasteiger partial charge in [-0.3, -0.25) is 14.2 Å². The van der Waals surface area contributed by atoms with Crippen molar-refractivity contribution in [3.05, 3.63) is 54.2 Å². The number of thioether (sulfide) groups is 1. The zero-order valence-electron chi connectivity index (χ0n) is 14.6. The van der Waals surface area contributed by atoms with Crippen LogP contribution < -0.4 is 0 Å². The average molecular weight is 381 g/mol. The van der Waals surface area contributed by atoms with Crippen molar-refractivity contribution in [2.75, 3.05) is 7.11 Å². The molecule has 3 aromatic rings. The van der Waals surface area contributed by atoms with E-state index >= 15 is 0 Å². The number of aromatic nitrogens is 2. The van der Waals surface area contributed by atoms with Gasteiger partial charge in [0.25, 0.3) is 0 Å². The SMILES string of the molecule is COC(=O)C1(Sc2ccncc2-c2ccc(C#N)c3ccc(F)n23)CCC1. The Morgan fingerprint density at radius 3 is 2.81 bits per heavy atom. The molecule has 0 aliphatic heterocycles. The first-order valence-electron chi connectivity index (χ1n) is 8.51. The van der Waals surface area contributed by atoms with Crippen LogP contribution in [0.3, 0.4) is 0 Å². The maximum atomic E-state index is 14.5. The minimum absolute atomic E-state index is 0.237. The number of hydrogen-bond donors (Lipinski definition) is 0. The van der Waals surface area contributed by atoms with Crippen LogP contribution in [0.25, 0.3) is 16.8 Å². The fraction of sp³-hybridized carbons (Fsp3) is 0.250. The third kappa shape index (κ3) is 2.77. The van der Waals surface area contributed by atoms with Gasteiger partial charge in [0.15, 0.2) is 5.95 Å². The third-order valence-electron chi connectivity index (χ3n) is 4.96. The van der Waals surface area contributed by atoms with Crippen LogP contribution >= 0.6 is 11.8 Å². The van der Waals surface area contributed by atoms with Crippen molar-refractivity contribution in [1.29, 1.82) is 5.26 Å². The molecule has 0 N–H and O–H groups in total. The largest absolute Gasteiger partial charge is 0.468 e. The summed E-state index contributed by atoms with van der Waals surface area (Å²) in [6.45, 7) is 0. The summed E-state index contributed by atoms with van der Waals surface area (Å²) in [6, 6.07) is 10.2. The lowest BCUT2D eigenvalue weighted by atomic mass is 9.84. The van der Waals surface area contributed by atoms with E-state index in [0.29, 0.717) is 22.3 Å². The maximum Gasteiger partial charge on any atom is 0.322 e. The summed E-state index contributed by atoms with van der Waals surface area (Å²) in [5.41, 5.74) is 2.19. The van der Waals surface area contributed by atoms with Crippen molar-refractivity contribution in [3.8, 4) is 17.3 Å². The van der Waals surface area contributed by atoms with Gasteiger partial charge < -0.3 is 4.74 Å². The van der Waals surface area contributed by atoms with Gasteiger partial charge in [-0.1, -0.05) is 0 Å². The molecule has 1 fully saturated rings. The molecule has 1 aliphatic rings. The Hall–Kier alpha value is -2.85. The number of pyridine rings is 2. The number of halogens is 1. The van der Waals surface area contributed by atoms with Crippen LogP contribution in [0.4, 0.5) is 4.39 Å².